The van der Waals surface area contributed by atoms with Gasteiger partial charge in [-0.3, -0.25) is 9.78 Å². The van der Waals surface area contributed by atoms with Gasteiger partial charge >= 0.3 is 0 Å². The maximum Gasteiger partial charge on any atom is 0.230 e. The fourth-order valence-corrected chi connectivity index (χ4v) is 3.83. The Hall–Kier alpha value is -2.09. The van der Waals surface area contributed by atoms with Crippen LogP contribution in [0.2, 0.25) is 10.0 Å². The Bertz CT molecular complexity index is 948. The molecule has 0 aliphatic heterocycles. The number of aromatic nitrogens is 4. The summed E-state index contributed by atoms with van der Waals surface area (Å²) in [6.07, 6.45) is 3.40. The number of nitrogens with zero attached hydrogens (tertiary/aromatic N) is 4. The molecular weight excluding hydrogens is 405 g/mol. The number of carbonyl (C=O) groups is 1. The van der Waals surface area contributed by atoms with Gasteiger partial charge in [-0.15, -0.1) is 10.2 Å². The largest absolute Gasteiger partial charge is 0.349 e. The molecule has 2 aromatic heterocycles. The van der Waals surface area contributed by atoms with Crippen molar-refractivity contribution in [3.8, 4) is 11.4 Å². The summed E-state index contributed by atoms with van der Waals surface area (Å²) < 4.78 is 1.85. The van der Waals surface area contributed by atoms with Gasteiger partial charge in [0.15, 0.2) is 11.0 Å². The maximum absolute atomic E-state index is 12.3. The molecular formula is C18H17Cl2N5OS. The third-order valence-electron chi connectivity index (χ3n) is 3.91. The highest BCUT2D eigenvalue weighted by Crippen LogP contribution is 2.26. The van der Waals surface area contributed by atoms with Crippen molar-refractivity contribution < 1.29 is 4.79 Å². The molecule has 3 aromatic rings. The Morgan fingerprint density at radius 3 is 2.67 bits per heavy atom. The zero-order chi connectivity index (χ0) is 19.4. The van der Waals surface area contributed by atoms with Gasteiger partial charge in [0, 0.05) is 35.1 Å². The lowest BCUT2D eigenvalue weighted by Crippen LogP contribution is -2.28. The van der Waals surface area contributed by atoms with E-state index in [1.165, 1.54) is 11.8 Å². The van der Waals surface area contributed by atoms with Gasteiger partial charge in [0.05, 0.1) is 11.8 Å². The van der Waals surface area contributed by atoms with E-state index in [0.717, 1.165) is 17.0 Å². The molecule has 0 aliphatic carbocycles. The molecule has 1 aromatic carbocycles. The van der Waals surface area contributed by atoms with Crippen molar-refractivity contribution in [3.05, 3.63) is 58.3 Å². The number of nitrogens with one attached hydrogen (secondary N) is 1. The van der Waals surface area contributed by atoms with E-state index in [1.807, 2.05) is 36.7 Å². The molecule has 0 fully saturated rings. The third-order valence-corrected chi connectivity index (χ3v) is 5.49. The number of rotatable bonds is 6. The molecule has 2 heterocycles. The molecule has 1 atom stereocenters. The molecule has 0 saturated heterocycles. The minimum atomic E-state index is -0.227. The van der Waals surface area contributed by atoms with Crippen LogP contribution in [0.5, 0.6) is 0 Å². The van der Waals surface area contributed by atoms with Crippen LogP contribution in [0.1, 0.15) is 18.5 Å². The summed E-state index contributed by atoms with van der Waals surface area (Å²) in [5.41, 5.74) is 1.74. The van der Waals surface area contributed by atoms with Crippen molar-refractivity contribution in [2.24, 2.45) is 7.05 Å². The average Bonchev–Trinajstić information content (AvgIpc) is 3.01. The first kappa shape index (κ1) is 19.7. The first-order valence-electron chi connectivity index (χ1n) is 8.12. The van der Waals surface area contributed by atoms with Crippen LogP contribution in [0.4, 0.5) is 0 Å². The number of hydrogen-bond acceptors (Lipinski definition) is 5. The average molecular weight is 422 g/mol. The summed E-state index contributed by atoms with van der Waals surface area (Å²) in [6.45, 7) is 1.88. The van der Waals surface area contributed by atoms with Crippen LogP contribution < -0.4 is 5.32 Å². The van der Waals surface area contributed by atoms with E-state index in [9.17, 15) is 4.79 Å². The minimum absolute atomic E-state index is 0.119. The van der Waals surface area contributed by atoms with E-state index < -0.39 is 0 Å². The Kier molecular flexibility index (Phi) is 6.36. The zero-order valence-electron chi connectivity index (χ0n) is 14.7. The lowest BCUT2D eigenvalue weighted by atomic mass is 10.1. The quantitative estimate of drug-likeness (QED) is 0.605. The standard InChI is InChI=1S/C18H17Cl2N5OS/c1-11(14-4-3-13(19)9-15(14)20)22-16(26)10-27-18-24-23-17(25(18)2)12-5-7-21-8-6-12/h3-9,11H,10H2,1-2H3,(H,22,26). The first-order chi connectivity index (χ1) is 13.0. The smallest absolute Gasteiger partial charge is 0.230 e. The van der Waals surface area contributed by atoms with E-state index in [4.69, 9.17) is 23.2 Å². The summed E-state index contributed by atoms with van der Waals surface area (Å²) >= 11 is 13.4. The summed E-state index contributed by atoms with van der Waals surface area (Å²) in [6, 6.07) is 8.73. The Morgan fingerprint density at radius 1 is 1.22 bits per heavy atom. The molecule has 3 rings (SSSR count). The van der Waals surface area contributed by atoms with E-state index in [2.05, 4.69) is 20.5 Å². The van der Waals surface area contributed by atoms with Gasteiger partial charge in [0.2, 0.25) is 5.91 Å². The topological polar surface area (TPSA) is 72.7 Å². The van der Waals surface area contributed by atoms with Gasteiger partial charge in [-0.2, -0.15) is 0 Å². The van der Waals surface area contributed by atoms with Gasteiger partial charge in [-0.25, -0.2) is 0 Å². The second kappa shape index (κ2) is 8.73. The van der Waals surface area contributed by atoms with Crippen molar-refractivity contribution in [3.63, 3.8) is 0 Å². The normalized spacial score (nSPS) is 12.0. The Balaban J connectivity index is 1.60. The molecule has 0 bridgehead atoms. The van der Waals surface area contributed by atoms with Crippen LogP contribution >= 0.6 is 35.0 Å². The molecule has 6 nitrogen and oxygen atoms in total. The maximum atomic E-state index is 12.3. The number of amides is 1. The van der Waals surface area contributed by atoms with Crippen LogP contribution in [0.3, 0.4) is 0 Å². The lowest BCUT2D eigenvalue weighted by molar-refractivity contribution is -0.119. The van der Waals surface area contributed by atoms with E-state index >= 15 is 0 Å². The molecule has 1 amide bonds. The summed E-state index contributed by atoms with van der Waals surface area (Å²) in [4.78, 5) is 16.3. The first-order valence-corrected chi connectivity index (χ1v) is 9.86. The van der Waals surface area contributed by atoms with Crippen molar-refractivity contribution >= 4 is 40.9 Å². The van der Waals surface area contributed by atoms with Gasteiger partial charge in [-0.05, 0) is 36.8 Å². The lowest BCUT2D eigenvalue weighted by Gasteiger charge is -2.15. The summed E-state index contributed by atoms with van der Waals surface area (Å²) in [5, 5.41) is 13.0. The van der Waals surface area contributed by atoms with Crippen LogP contribution in [0.15, 0.2) is 47.9 Å². The Labute approximate surface area is 171 Å². The Morgan fingerprint density at radius 2 is 1.96 bits per heavy atom. The van der Waals surface area contributed by atoms with E-state index in [0.29, 0.717) is 15.2 Å². The van der Waals surface area contributed by atoms with E-state index in [-0.39, 0.29) is 17.7 Å². The monoisotopic (exact) mass is 421 g/mol. The minimum Gasteiger partial charge on any atom is -0.349 e. The molecule has 0 saturated carbocycles. The fraction of sp³-hybridized carbons (Fsp3) is 0.222. The number of halogens is 2. The summed E-state index contributed by atoms with van der Waals surface area (Å²) in [7, 11) is 1.87. The second-order valence-corrected chi connectivity index (χ2v) is 7.63. The number of benzene rings is 1. The zero-order valence-corrected chi connectivity index (χ0v) is 17.0. The van der Waals surface area contributed by atoms with Crippen LogP contribution in [0, 0.1) is 0 Å². The van der Waals surface area contributed by atoms with Gasteiger partial charge in [-0.1, -0.05) is 41.0 Å². The van der Waals surface area contributed by atoms with Crippen molar-refractivity contribution in [2.75, 3.05) is 5.75 Å². The highest BCUT2D eigenvalue weighted by Gasteiger charge is 2.16. The third kappa shape index (κ3) is 4.80. The highest BCUT2D eigenvalue weighted by atomic mass is 35.5. The molecule has 27 heavy (non-hydrogen) atoms. The van der Waals surface area contributed by atoms with Gasteiger partial charge in [0.25, 0.3) is 0 Å². The van der Waals surface area contributed by atoms with Crippen LogP contribution in [0.25, 0.3) is 11.4 Å². The SMILES string of the molecule is CC(NC(=O)CSc1nnc(-c2ccncc2)n1C)c1ccc(Cl)cc1Cl. The molecule has 1 unspecified atom stereocenters. The second-order valence-electron chi connectivity index (χ2n) is 5.84. The summed E-state index contributed by atoms with van der Waals surface area (Å²) in [5.74, 6) is 0.825. The number of hydrogen-bond donors (Lipinski definition) is 1. The van der Waals surface area contributed by atoms with Crippen LogP contribution in [-0.4, -0.2) is 31.4 Å². The fourth-order valence-electron chi connectivity index (χ4n) is 2.54. The van der Waals surface area contributed by atoms with Crippen molar-refractivity contribution in [1.29, 1.82) is 0 Å². The number of pyridine rings is 1. The molecule has 0 aliphatic rings. The van der Waals surface area contributed by atoms with Crippen LogP contribution in [-0.2, 0) is 11.8 Å². The van der Waals surface area contributed by atoms with Gasteiger partial charge in [0.1, 0.15) is 0 Å². The molecule has 1 N–H and O–H groups in total. The van der Waals surface area contributed by atoms with Crippen molar-refractivity contribution in [2.45, 2.75) is 18.1 Å². The van der Waals surface area contributed by atoms with Gasteiger partial charge < -0.3 is 9.88 Å². The molecule has 9 heteroatoms. The van der Waals surface area contributed by atoms with E-state index in [1.54, 1.807) is 24.5 Å². The van der Waals surface area contributed by atoms with Crippen molar-refractivity contribution in [1.82, 2.24) is 25.1 Å². The number of thioether (sulfide) groups is 1. The predicted octanol–water partition coefficient (Wildman–Crippen LogP) is 4.15. The molecule has 140 valence electrons. The molecule has 0 spiro atoms. The molecule has 0 radical (unpaired) electrons. The predicted molar refractivity (Wildman–Crippen MR) is 108 cm³/mol. The number of carbonyl (C=O) groups excluding carboxylic acids is 1. The highest BCUT2D eigenvalue weighted by molar-refractivity contribution is 7.99.